The maximum absolute atomic E-state index is 12.9. The second-order valence-corrected chi connectivity index (χ2v) is 6.65. The predicted molar refractivity (Wildman–Crippen MR) is 92.4 cm³/mol. The third-order valence-electron chi connectivity index (χ3n) is 5.07. The van der Waals surface area contributed by atoms with Gasteiger partial charge in [-0.2, -0.15) is 0 Å². The first-order valence-corrected chi connectivity index (χ1v) is 8.67. The number of halogens is 1. The van der Waals surface area contributed by atoms with Gasteiger partial charge in [-0.25, -0.2) is 9.18 Å². The van der Waals surface area contributed by atoms with Gasteiger partial charge in [-0.15, -0.1) is 0 Å². The van der Waals surface area contributed by atoms with Gasteiger partial charge < -0.3 is 14.4 Å². The van der Waals surface area contributed by atoms with E-state index in [9.17, 15) is 14.0 Å². The highest BCUT2D eigenvalue weighted by Crippen LogP contribution is 2.35. The molecular weight excluding hydrogens is 341 g/mol. The Morgan fingerprint density at radius 1 is 1.15 bits per heavy atom. The van der Waals surface area contributed by atoms with Gasteiger partial charge in [-0.3, -0.25) is 14.6 Å². The summed E-state index contributed by atoms with van der Waals surface area (Å²) in [5.74, 6) is 0.151. The number of nitrogens with zero attached hydrogens (tertiary/aromatic N) is 3. The van der Waals surface area contributed by atoms with E-state index in [4.69, 9.17) is 9.47 Å². The molecule has 1 unspecified atom stereocenters. The highest BCUT2D eigenvalue weighted by atomic mass is 19.1. The number of urea groups is 1. The second-order valence-electron chi connectivity index (χ2n) is 6.65. The zero-order valence-corrected chi connectivity index (χ0v) is 15.1. The number of rotatable bonds is 7. The molecule has 3 amide bonds. The number of carbonyl (C=O) groups excluding carboxylic acids is 2. The molecule has 8 heteroatoms. The van der Waals surface area contributed by atoms with E-state index >= 15 is 0 Å². The van der Waals surface area contributed by atoms with E-state index in [0.29, 0.717) is 51.6 Å². The number of hydrogen-bond acceptors (Lipinski definition) is 5. The van der Waals surface area contributed by atoms with Crippen LogP contribution in [-0.4, -0.2) is 85.7 Å². The molecule has 2 fully saturated rings. The van der Waals surface area contributed by atoms with Crippen molar-refractivity contribution in [3.8, 4) is 5.75 Å². The Morgan fingerprint density at radius 3 is 2.58 bits per heavy atom. The number of carbonyl (C=O) groups is 2. The fourth-order valence-electron chi connectivity index (χ4n) is 3.65. The summed E-state index contributed by atoms with van der Waals surface area (Å²) in [5, 5.41) is 0. The Hall–Kier alpha value is -2.19. The number of imide groups is 1. The Bertz CT molecular complexity index is 669. The Morgan fingerprint density at radius 2 is 1.88 bits per heavy atom. The molecule has 26 heavy (non-hydrogen) atoms. The summed E-state index contributed by atoms with van der Waals surface area (Å²) in [4.78, 5) is 30.1. The van der Waals surface area contributed by atoms with Crippen molar-refractivity contribution in [2.45, 2.75) is 12.0 Å². The van der Waals surface area contributed by atoms with Crippen LogP contribution >= 0.6 is 0 Å². The molecule has 1 aromatic carbocycles. The Kier molecular flexibility index (Phi) is 5.43. The monoisotopic (exact) mass is 365 g/mol. The van der Waals surface area contributed by atoms with E-state index in [1.807, 2.05) is 0 Å². The third kappa shape index (κ3) is 3.39. The fraction of sp³-hybridized carbons (Fsp3) is 0.556. The lowest BCUT2D eigenvalue weighted by Gasteiger charge is -2.31. The second kappa shape index (κ2) is 7.59. The van der Waals surface area contributed by atoms with E-state index in [2.05, 4.69) is 4.90 Å². The van der Waals surface area contributed by atoms with Gasteiger partial charge in [0.2, 0.25) is 0 Å². The lowest BCUT2D eigenvalue weighted by atomic mass is 9.97. The van der Waals surface area contributed by atoms with Crippen LogP contribution in [0.3, 0.4) is 0 Å². The van der Waals surface area contributed by atoms with E-state index < -0.39 is 5.54 Å². The molecule has 1 spiro atoms. The average Bonchev–Trinajstić information content (AvgIpc) is 3.13. The summed E-state index contributed by atoms with van der Waals surface area (Å²) in [5.41, 5.74) is -0.805. The summed E-state index contributed by atoms with van der Waals surface area (Å²) in [6, 6.07) is 5.61. The molecule has 2 heterocycles. The van der Waals surface area contributed by atoms with Crippen LogP contribution in [0.4, 0.5) is 9.18 Å². The van der Waals surface area contributed by atoms with Crippen LogP contribution in [0.1, 0.15) is 6.42 Å². The van der Waals surface area contributed by atoms with E-state index in [1.165, 1.54) is 24.1 Å². The quantitative estimate of drug-likeness (QED) is 0.680. The van der Waals surface area contributed by atoms with Crippen molar-refractivity contribution in [3.05, 3.63) is 30.1 Å². The summed E-state index contributed by atoms with van der Waals surface area (Å²) < 4.78 is 23.6. The highest BCUT2D eigenvalue weighted by Gasteiger charge is 2.58. The maximum atomic E-state index is 12.9. The molecular formula is C18H24FN3O4. The summed E-state index contributed by atoms with van der Waals surface area (Å²) in [7, 11) is 3.10. The zero-order chi connectivity index (χ0) is 18.7. The Labute approximate surface area is 152 Å². The molecule has 7 nitrogen and oxygen atoms in total. The standard InChI is InChI=1S/C18H24FN3O4/c1-20-16(23)18(22(17(20)24)10-11-25-2)7-8-21(13-18)9-12-26-15-5-3-14(19)4-6-15/h3-6H,7-13H2,1-2H3. The topological polar surface area (TPSA) is 62.3 Å². The van der Waals surface area contributed by atoms with Crippen LogP contribution < -0.4 is 4.74 Å². The smallest absolute Gasteiger partial charge is 0.327 e. The first kappa shape index (κ1) is 18.6. The number of hydrogen-bond donors (Lipinski definition) is 0. The van der Waals surface area contributed by atoms with Gasteiger partial charge in [0.25, 0.3) is 5.91 Å². The molecule has 0 bridgehead atoms. The first-order chi connectivity index (χ1) is 12.5. The van der Waals surface area contributed by atoms with Gasteiger partial charge in [0, 0.05) is 40.3 Å². The summed E-state index contributed by atoms with van der Waals surface area (Å²) >= 11 is 0. The number of amides is 3. The van der Waals surface area contributed by atoms with Crippen molar-refractivity contribution in [1.82, 2.24) is 14.7 Å². The number of methoxy groups -OCH3 is 1. The Balaban J connectivity index is 1.59. The molecule has 0 N–H and O–H groups in total. The van der Waals surface area contributed by atoms with Crippen LogP contribution in [0.25, 0.3) is 0 Å². The molecule has 142 valence electrons. The molecule has 1 aromatic rings. The van der Waals surface area contributed by atoms with Gasteiger partial charge in [0.05, 0.1) is 6.61 Å². The van der Waals surface area contributed by atoms with Gasteiger partial charge in [0.15, 0.2) is 0 Å². The molecule has 0 aromatic heterocycles. The van der Waals surface area contributed by atoms with Crippen LogP contribution in [0, 0.1) is 5.82 Å². The third-order valence-corrected chi connectivity index (χ3v) is 5.07. The molecule has 2 aliphatic rings. The normalized spacial score (nSPS) is 23.5. The van der Waals surface area contributed by atoms with Crippen molar-refractivity contribution in [2.75, 3.05) is 53.6 Å². The van der Waals surface area contributed by atoms with E-state index in [1.54, 1.807) is 24.1 Å². The van der Waals surface area contributed by atoms with Gasteiger partial charge in [0.1, 0.15) is 23.7 Å². The van der Waals surface area contributed by atoms with Gasteiger partial charge in [-0.1, -0.05) is 0 Å². The van der Waals surface area contributed by atoms with Crippen molar-refractivity contribution < 1.29 is 23.5 Å². The van der Waals surface area contributed by atoms with Gasteiger partial charge in [-0.05, 0) is 30.7 Å². The van der Waals surface area contributed by atoms with Crippen molar-refractivity contribution in [3.63, 3.8) is 0 Å². The molecule has 3 rings (SSSR count). The predicted octanol–water partition coefficient (Wildman–Crippen LogP) is 1.19. The minimum absolute atomic E-state index is 0.152. The molecule has 2 aliphatic heterocycles. The molecule has 0 saturated carbocycles. The van der Waals surface area contributed by atoms with E-state index in [0.717, 1.165) is 0 Å². The highest BCUT2D eigenvalue weighted by molar-refractivity contribution is 6.07. The number of likely N-dealkylation sites (tertiary alicyclic amines) is 1. The van der Waals surface area contributed by atoms with Crippen molar-refractivity contribution in [1.29, 1.82) is 0 Å². The number of likely N-dealkylation sites (N-methyl/N-ethyl adjacent to an activating group) is 1. The zero-order valence-electron chi connectivity index (χ0n) is 15.1. The lowest BCUT2D eigenvalue weighted by molar-refractivity contribution is -0.132. The minimum Gasteiger partial charge on any atom is -0.492 e. The van der Waals surface area contributed by atoms with E-state index in [-0.39, 0.29) is 17.8 Å². The van der Waals surface area contributed by atoms with Crippen molar-refractivity contribution >= 4 is 11.9 Å². The molecule has 0 radical (unpaired) electrons. The van der Waals surface area contributed by atoms with Crippen LogP contribution in [0.2, 0.25) is 0 Å². The average molecular weight is 365 g/mol. The maximum Gasteiger partial charge on any atom is 0.327 e. The summed E-state index contributed by atoms with van der Waals surface area (Å²) in [6.45, 7) is 3.04. The first-order valence-electron chi connectivity index (χ1n) is 8.67. The van der Waals surface area contributed by atoms with Crippen LogP contribution in [-0.2, 0) is 9.53 Å². The fourth-order valence-corrected chi connectivity index (χ4v) is 3.65. The number of ether oxygens (including phenoxy) is 2. The van der Waals surface area contributed by atoms with Crippen LogP contribution in [0.5, 0.6) is 5.75 Å². The molecule has 1 atom stereocenters. The SMILES string of the molecule is COCCN1C(=O)N(C)C(=O)C12CCN(CCOc1ccc(F)cc1)C2. The minimum atomic E-state index is -0.805. The summed E-state index contributed by atoms with van der Waals surface area (Å²) in [6.07, 6.45) is 0.599. The number of benzene rings is 1. The molecule has 2 saturated heterocycles. The lowest BCUT2D eigenvalue weighted by Crippen LogP contribution is -2.52. The van der Waals surface area contributed by atoms with Gasteiger partial charge >= 0.3 is 6.03 Å². The van der Waals surface area contributed by atoms with Crippen molar-refractivity contribution in [2.24, 2.45) is 0 Å². The molecule has 0 aliphatic carbocycles. The largest absolute Gasteiger partial charge is 0.492 e. The van der Waals surface area contributed by atoms with Crippen LogP contribution in [0.15, 0.2) is 24.3 Å².